The number of para-hydroxylation sites is 1. The molecule has 2 aromatic rings. The van der Waals surface area contributed by atoms with E-state index in [1.807, 2.05) is 25.3 Å². The average molecular weight is 377 g/mol. The molecule has 7 heteroatoms. The second-order valence-corrected chi connectivity index (χ2v) is 6.54. The van der Waals surface area contributed by atoms with Crippen LogP contribution in [0.25, 0.3) is 0 Å². The maximum Gasteiger partial charge on any atom is 0.315 e. The molecule has 1 aromatic carbocycles. The second kappa shape index (κ2) is 10.4. The largest absolute Gasteiger partial charge is 0.485 e. The molecule has 0 aliphatic carbocycles. The Bertz CT molecular complexity index is 708. The van der Waals surface area contributed by atoms with Gasteiger partial charge in [0.1, 0.15) is 6.61 Å². The predicted molar refractivity (Wildman–Crippen MR) is 99.6 cm³/mol. The van der Waals surface area contributed by atoms with E-state index in [1.54, 1.807) is 13.1 Å². The molecule has 2 N–H and O–H groups in total. The minimum absolute atomic E-state index is 0.00111. The van der Waals surface area contributed by atoms with Crippen molar-refractivity contribution in [2.45, 2.75) is 45.2 Å². The fraction of sp³-hybridized carbons (Fsp3) is 0.400. The number of ether oxygens (including phenoxy) is 1. The summed E-state index contributed by atoms with van der Waals surface area (Å²) in [6.07, 6.45) is 6.24. The van der Waals surface area contributed by atoms with Crippen molar-refractivity contribution in [3.63, 3.8) is 0 Å². The van der Waals surface area contributed by atoms with Gasteiger partial charge in [0.25, 0.3) is 0 Å². The number of aromatic nitrogens is 1. The maximum atomic E-state index is 13.5. The van der Waals surface area contributed by atoms with Crippen LogP contribution in [-0.2, 0) is 6.42 Å². The van der Waals surface area contributed by atoms with Crippen molar-refractivity contribution in [2.75, 3.05) is 6.61 Å². The smallest absolute Gasteiger partial charge is 0.315 e. The zero-order valence-corrected chi connectivity index (χ0v) is 15.5. The molecule has 0 aliphatic rings. The first-order chi connectivity index (χ1) is 13.0. The van der Waals surface area contributed by atoms with Crippen LogP contribution in [0.2, 0.25) is 0 Å². The molecule has 0 radical (unpaired) electrons. The molecule has 27 heavy (non-hydrogen) atoms. The van der Waals surface area contributed by atoms with Gasteiger partial charge < -0.3 is 15.4 Å². The molecule has 1 unspecified atom stereocenters. The molecule has 2 amide bonds. The second-order valence-electron chi connectivity index (χ2n) is 6.54. The van der Waals surface area contributed by atoms with Crippen molar-refractivity contribution in [2.24, 2.45) is 0 Å². The van der Waals surface area contributed by atoms with Crippen molar-refractivity contribution in [1.29, 1.82) is 0 Å². The summed E-state index contributed by atoms with van der Waals surface area (Å²) in [5.74, 6) is -1.97. The minimum Gasteiger partial charge on any atom is -0.485 e. The Kier molecular flexibility index (Phi) is 7.98. The summed E-state index contributed by atoms with van der Waals surface area (Å²) < 4.78 is 32.2. The number of urea groups is 1. The summed E-state index contributed by atoms with van der Waals surface area (Å²) in [5, 5.41) is 5.55. The third kappa shape index (κ3) is 7.21. The lowest BCUT2D eigenvalue weighted by atomic mass is 10.1. The van der Waals surface area contributed by atoms with E-state index in [4.69, 9.17) is 4.74 Å². The number of amides is 2. The van der Waals surface area contributed by atoms with Crippen LogP contribution in [0, 0.1) is 11.6 Å². The van der Waals surface area contributed by atoms with Gasteiger partial charge in [-0.2, -0.15) is 0 Å². The van der Waals surface area contributed by atoms with E-state index in [1.165, 1.54) is 11.6 Å². The summed E-state index contributed by atoms with van der Waals surface area (Å²) in [6, 6.07) is 6.69. The van der Waals surface area contributed by atoms with Crippen LogP contribution in [0.3, 0.4) is 0 Å². The molecule has 146 valence electrons. The van der Waals surface area contributed by atoms with Crippen molar-refractivity contribution < 1.29 is 18.3 Å². The van der Waals surface area contributed by atoms with E-state index >= 15 is 0 Å². The van der Waals surface area contributed by atoms with Crippen LogP contribution in [0.15, 0.2) is 42.7 Å². The molecule has 2 atom stereocenters. The van der Waals surface area contributed by atoms with Gasteiger partial charge in [-0.1, -0.05) is 12.1 Å². The number of aryl methyl sites for hydroxylation is 1. The zero-order chi connectivity index (χ0) is 19.6. The molecule has 0 saturated carbocycles. The van der Waals surface area contributed by atoms with Crippen molar-refractivity contribution >= 4 is 6.03 Å². The van der Waals surface area contributed by atoms with E-state index in [9.17, 15) is 13.6 Å². The van der Waals surface area contributed by atoms with Gasteiger partial charge in [-0.25, -0.2) is 13.6 Å². The first kappa shape index (κ1) is 20.6. The topological polar surface area (TPSA) is 63.2 Å². The number of hydrogen-bond donors (Lipinski definition) is 2. The van der Waals surface area contributed by atoms with Crippen LogP contribution in [0.1, 0.15) is 32.3 Å². The number of nitrogens with zero attached hydrogens (tertiary/aromatic N) is 1. The first-order valence-corrected chi connectivity index (χ1v) is 8.98. The number of pyridine rings is 1. The predicted octanol–water partition coefficient (Wildman–Crippen LogP) is 3.84. The van der Waals surface area contributed by atoms with Gasteiger partial charge in [0.2, 0.25) is 0 Å². The molecule has 0 bridgehead atoms. The van der Waals surface area contributed by atoms with Crippen LogP contribution in [0.4, 0.5) is 13.6 Å². The van der Waals surface area contributed by atoms with E-state index < -0.39 is 23.4 Å². The third-order valence-electron chi connectivity index (χ3n) is 3.98. The summed E-state index contributed by atoms with van der Waals surface area (Å²) in [4.78, 5) is 16.1. The molecule has 0 spiro atoms. The molecular formula is C20H25F2N3O2. The maximum absolute atomic E-state index is 13.5. The van der Waals surface area contributed by atoms with Gasteiger partial charge in [-0.3, -0.25) is 4.98 Å². The first-order valence-electron chi connectivity index (χ1n) is 8.98. The number of carbonyl (C=O) groups is 1. The third-order valence-corrected chi connectivity index (χ3v) is 3.98. The fourth-order valence-electron chi connectivity index (χ4n) is 2.59. The van der Waals surface area contributed by atoms with Gasteiger partial charge in [-0.05, 0) is 56.9 Å². The van der Waals surface area contributed by atoms with Crippen LogP contribution < -0.4 is 15.4 Å². The highest BCUT2D eigenvalue weighted by atomic mass is 19.1. The molecule has 5 nitrogen and oxygen atoms in total. The highest BCUT2D eigenvalue weighted by Gasteiger charge is 2.14. The highest BCUT2D eigenvalue weighted by Crippen LogP contribution is 2.20. The Labute approximate surface area is 158 Å². The summed E-state index contributed by atoms with van der Waals surface area (Å²) in [7, 11) is 0. The van der Waals surface area contributed by atoms with E-state index in [2.05, 4.69) is 15.6 Å². The standard InChI is InChI=1S/C20H25F2N3O2/c1-14(6-3-7-16-8-5-11-23-12-16)24-20(26)25-15(2)13-27-19-17(21)9-4-10-18(19)22/h4-5,8-12,14-15H,3,6-7,13H2,1-2H3,(H2,24,25,26)/t14?,15-/m0/s1. The monoisotopic (exact) mass is 377 g/mol. The molecular weight excluding hydrogens is 352 g/mol. The van der Waals surface area contributed by atoms with Crippen LogP contribution in [0.5, 0.6) is 5.75 Å². The Morgan fingerprint density at radius 1 is 1.11 bits per heavy atom. The SMILES string of the molecule is CC(CCCc1cccnc1)NC(=O)N[C@@H](C)COc1c(F)cccc1F. The minimum atomic E-state index is -0.770. The van der Waals surface area contributed by atoms with Crippen LogP contribution >= 0.6 is 0 Å². The summed E-state index contributed by atoms with van der Waals surface area (Å²) >= 11 is 0. The molecule has 1 aromatic heterocycles. The Morgan fingerprint density at radius 2 is 1.81 bits per heavy atom. The Balaban J connectivity index is 1.66. The lowest BCUT2D eigenvalue weighted by Crippen LogP contribution is -2.46. The number of carbonyl (C=O) groups excluding carboxylic acids is 1. The number of benzene rings is 1. The Morgan fingerprint density at radius 3 is 2.48 bits per heavy atom. The van der Waals surface area contributed by atoms with Crippen LogP contribution in [-0.4, -0.2) is 29.7 Å². The number of nitrogens with one attached hydrogen (secondary N) is 2. The Hall–Kier alpha value is -2.70. The molecule has 0 saturated heterocycles. The normalized spacial score (nSPS) is 12.9. The number of rotatable bonds is 9. The van der Waals surface area contributed by atoms with Crippen molar-refractivity contribution in [3.8, 4) is 5.75 Å². The van der Waals surface area contributed by atoms with Crippen molar-refractivity contribution in [3.05, 3.63) is 59.9 Å². The number of halogens is 2. The van der Waals surface area contributed by atoms with Gasteiger partial charge in [0, 0.05) is 18.4 Å². The summed E-state index contributed by atoms with van der Waals surface area (Å²) in [5.41, 5.74) is 1.17. The number of hydrogen-bond acceptors (Lipinski definition) is 3. The van der Waals surface area contributed by atoms with Gasteiger partial charge in [-0.15, -0.1) is 0 Å². The highest BCUT2D eigenvalue weighted by molar-refractivity contribution is 5.74. The van der Waals surface area contributed by atoms with Gasteiger partial charge >= 0.3 is 6.03 Å². The van der Waals surface area contributed by atoms with Gasteiger partial charge in [0.15, 0.2) is 17.4 Å². The molecule has 0 aliphatic heterocycles. The zero-order valence-electron chi connectivity index (χ0n) is 15.5. The van der Waals surface area contributed by atoms with E-state index in [0.717, 1.165) is 31.4 Å². The molecule has 0 fully saturated rings. The fourth-order valence-corrected chi connectivity index (χ4v) is 2.59. The lowest BCUT2D eigenvalue weighted by Gasteiger charge is -2.19. The van der Waals surface area contributed by atoms with Gasteiger partial charge in [0.05, 0.1) is 6.04 Å². The van der Waals surface area contributed by atoms with E-state index in [-0.39, 0.29) is 18.7 Å². The quantitative estimate of drug-likeness (QED) is 0.698. The van der Waals surface area contributed by atoms with Crippen molar-refractivity contribution in [1.82, 2.24) is 15.6 Å². The lowest BCUT2D eigenvalue weighted by molar-refractivity contribution is 0.219. The average Bonchev–Trinajstić information content (AvgIpc) is 2.62. The van der Waals surface area contributed by atoms with E-state index in [0.29, 0.717) is 0 Å². The molecule has 2 rings (SSSR count). The summed E-state index contributed by atoms with van der Waals surface area (Å²) in [6.45, 7) is 3.59. The molecule has 1 heterocycles.